The lowest BCUT2D eigenvalue weighted by Crippen LogP contribution is -2.12. The molecule has 1 heterocycles. The van der Waals surface area contributed by atoms with E-state index >= 15 is 0 Å². The molecule has 0 radical (unpaired) electrons. The average Bonchev–Trinajstić information content (AvgIpc) is 3.22. The van der Waals surface area contributed by atoms with Gasteiger partial charge in [0.2, 0.25) is 5.91 Å². The van der Waals surface area contributed by atoms with E-state index in [0.29, 0.717) is 25.3 Å². The number of rotatable bonds is 8. The van der Waals surface area contributed by atoms with Crippen molar-refractivity contribution in [2.45, 2.75) is 12.8 Å². The van der Waals surface area contributed by atoms with Crippen LogP contribution in [-0.2, 0) is 4.79 Å². The first kappa shape index (κ1) is 18.7. The van der Waals surface area contributed by atoms with Crippen LogP contribution in [0.5, 0.6) is 5.75 Å². The first-order valence-corrected chi connectivity index (χ1v) is 9.56. The summed E-state index contributed by atoms with van der Waals surface area (Å²) < 4.78 is 5.68. The molecule has 0 spiro atoms. The van der Waals surface area contributed by atoms with Gasteiger partial charge < -0.3 is 15.4 Å². The van der Waals surface area contributed by atoms with E-state index in [1.54, 1.807) is 0 Å². The van der Waals surface area contributed by atoms with E-state index in [2.05, 4.69) is 10.6 Å². The summed E-state index contributed by atoms with van der Waals surface area (Å²) in [5.41, 5.74) is 1.64. The third-order valence-electron chi connectivity index (χ3n) is 3.77. The zero-order chi connectivity index (χ0) is 18.9. The van der Waals surface area contributed by atoms with E-state index in [1.807, 2.05) is 72.1 Å². The van der Waals surface area contributed by atoms with Crippen molar-refractivity contribution in [2.24, 2.45) is 0 Å². The molecule has 5 nitrogen and oxygen atoms in total. The molecule has 0 aliphatic carbocycles. The van der Waals surface area contributed by atoms with Crippen molar-refractivity contribution in [1.82, 2.24) is 0 Å². The lowest BCUT2D eigenvalue weighted by Gasteiger charge is -2.09. The van der Waals surface area contributed by atoms with E-state index in [9.17, 15) is 4.79 Å². The van der Waals surface area contributed by atoms with Crippen LogP contribution in [0.15, 0.2) is 72.1 Å². The van der Waals surface area contributed by atoms with Crippen LogP contribution in [0.4, 0.5) is 11.4 Å². The molecule has 0 unspecified atom stereocenters. The number of benzene rings is 2. The van der Waals surface area contributed by atoms with Crippen LogP contribution < -0.4 is 15.4 Å². The number of ether oxygens (including phenoxy) is 1. The molecule has 138 valence electrons. The number of amidine groups is 1. The summed E-state index contributed by atoms with van der Waals surface area (Å²) in [6.45, 7) is 0.472. The zero-order valence-electron chi connectivity index (χ0n) is 14.8. The van der Waals surface area contributed by atoms with Gasteiger partial charge in [-0.3, -0.25) is 10.2 Å². The van der Waals surface area contributed by atoms with Crippen LogP contribution in [0.3, 0.4) is 0 Å². The van der Waals surface area contributed by atoms with Crippen molar-refractivity contribution in [3.8, 4) is 5.75 Å². The van der Waals surface area contributed by atoms with E-state index in [0.717, 1.165) is 22.0 Å². The summed E-state index contributed by atoms with van der Waals surface area (Å²) in [6, 6.07) is 20.7. The lowest BCUT2D eigenvalue weighted by molar-refractivity contribution is -0.116. The lowest BCUT2D eigenvalue weighted by atomic mass is 10.2. The molecule has 2 aromatic carbocycles. The molecule has 0 bridgehead atoms. The molecule has 6 heteroatoms. The van der Waals surface area contributed by atoms with Crippen molar-refractivity contribution in [3.63, 3.8) is 0 Å². The second kappa shape index (κ2) is 9.54. The van der Waals surface area contributed by atoms with Crippen LogP contribution in [-0.4, -0.2) is 18.3 Å². The molecule has 0 fully saturated rings. The van der Waals surface area contributed by atoms with Gasteiger partial charge in [-0.1, -0.05) is 24.3 Å². The first-order chi connectivity index (χ1) is 13.2. The highest BCUT2D eigenvalue weighted by atomic mass is 32.1. The number of carbonyl (C=O) groups excluding carboxylic acids is 1. The van der Waals surface area contributed by atoms with Gasteiger partial charge in [-0.25, -0.2) is 0 Å². The van der Waals surface area contributed by atoms with Crippen LogP contribution in [0, 0.1) is 5.41 Å². The molecule has 3 N–H and O–H groups in total. The monoisotopic (exact) mass is 379 g/mol. The number of para-hydroxylation sites is 1. The number of amides is 1. The molecule has 27 heavy (non-hydrogen) atoms. The minimum Gasteiger partial charge on any atom is -0.494 e. The minimum absolute atomic E-state index is 0.0172. The Kier molecular flexibility index (Phi) is 6.60. The number of hydrogen-bond donors (Lipinski definition) is 3. The Labute approximate surface area is 162 Å². The second-order valence-electron chi connectivity index (χ2n) is 5.87. The van der Waals surface area contributed by atoms with Gasteiger partial charge >= 0.3 is 0 Å². The molecule has 3 aromatic rings. The standard InChI is InChI=1S/C21H21N3O2S/c22-21(19-8-5-15-27-19)24-17-10-12-18(13-11-17)26-14-4-9-20(25)23-16-6-2-1-3-7-16/h1-3,5-8,10-13,15H,4,9,14H2,(H2,22,24)(H,23,25). The third-order valence-corrected chi connectivity index (χ3v) is 4.65. The molecule has 0 aliphatic rings. The number of hydrogen-bond acceptors (Lipinski definition) is 4. The zero-order valence-corrected chi connectivity index (χ0v) is 15.6. The SMILES string of the molecule is N=C(Nc1ccc(OCCCC(=O)Nc2ccccc2)cc1)c1cccs1. The molecule has 0 saturated carbocycles. The van der Waals surface area contributed by atoms with Gasteiger partial charge in [0.15, 0.2) is 0 Å². The van der Waals surface area contributed by atoms with Crippen molar-refractivity contribution in [1.29, 1.82) is 5.41 Å². The fourth-order valence-electron chi connectivity index (χ4n) is 2.43. The molecular weight excluding hydrogens is 358 g/mol. The van der Waals surface area contributed by atoms with Crippen LogP contribution >= 0.6 is 11.3 Å². The maximum absolute atomic E-state index is 11.9. The third kappa shape index (κ3) is 5.97. The molecule has 0 atom stereocenters. The highest BCUT2D eigenvalue weighted by Gasteiger charge is 2.04. The molecule has 0 aliphatic heterocycles. The van der Waals surface area contributed by atoms with Crippen molar-refractivity contribution in [2.75, 3.05) is 17.2 Å². The minimum atomic E-state index is -0.0172. The molecule has 3 rings (SSSR count). The maximum atomic E-state index is 11.9. The van der Waals surface area contributed by atoms with Gasteiger partial charge in [0, 0.05) is 17.8 Å². The number of carbonyl (C=O) groups is 1. The van der Waals surface area contributed by atoms with Gasteiger partial charge in [-0.05, 0) is 54.3 Å². The summed E-state index contributed by atoms with van der Waals surface area (Å²) >= 11 is 1.53. The Morgan fingerprint density at radius 1 is 0.926 bits per heavy atom. The topological polar surface area (TPSA) is 74.2 Å². The summed E-state index contributed by atoms with van der Waals surface area (Å²) in [4.78, 5) is 12.8. The Morgan fingerprint density at radius 3 is 2.37 bits per heavy atom. The van der Waals surface area contributed by atoms with Crippen molar-refractivity contribution >= 4 is 34.5 Å². The molecule has 1 amide bonds. The van der Waals surface area contributed by atoms with Gasteiger partial charge in [0.25, 0.3) is 0 Å². The Hall–Kier alpha value is -3.12. The molecule has 1 aromatic heterocycles. The fraction of sp³-hybridized carbons (Fsp3) is 0.143. The summed E-state index contributed by atoms with van der Waals surface area (Å²) in [7, 11) is 0. The van der Waals surface area contributed by atoms with Crippen molar-refractivity contribution in [3.05, 3.63) is 77.0 Å². The van der Waals surface area contributed by atoms with Gasteiger partial charge in [0.1, 0.15) is 11.6 Å². The van der Waals surface area contributed by atoms with Crippen LogP contribution in [0.25, 0.3) is 0 Å². The van der Waals surface area contributed by atoms with Gasteiger partial charge in [-0.2, -0.15) is 0 Å². The maximum Gasteiger partial charge on any atom is 0.224 e. The number of nitrogens with one attached hydrogen (secondary N) is 3. The van der Waals surface area contributed by atoms with E-state index in [-0.39, 0.29) is 5.91 Å². The van der Waals surface area contributed by atoms with Crippen LogP contribution in [0.2, 0.25) is 0 Å². The van der Waals surface area contributed by atoms with Gasteiger partial charge in [0.05, 0.1) is 11.5 Å². The Morgan fingerprint density at radius 2 is 1.67 bits per heavy atom. The predicted octanol–water partition coefficient (Wildman–Crippen LogP) is 4.98. The molecular formula is C21H21N3O2S. The number of thiophene rings is 1. The quantitative estimate of drug-likeness (QED) is 0.293. The van der Waals surface area contributed by atoms with Gasteiger partial charge in [-0.15, -0.1) is 11.3 Å². The predicted molar refractivity (Wildman–Crippen MR) is 111 cm³/mol. The largest absolute Gasteiger partial charge is 0.494 e. The van der Waals surface area contributed by atoms with Crippen LogP contribution in [0.1, 0.15) is 17.7 Å². The van der Waals surface area contributed by atoms with E-state index in [1.165, 1.54) is 11.3 Å². The Bertz CT molecular complexity index is 862. The number of anilines is 2. The molecule has 0 saturated heterocycles. The highest BCUT2D eigenvalue weighted by Crippen LogP contribution is 2.18. The summed E-state index contributed by atoms with van der Waals surface area (Å²) in [5.74, 6) is 1.10. The Balaban J connectivity index is 1.37. The first-order valence-electron chi connectivity index (χ1n) is 8.68. The fourth-order valence-corrected chi connectivity index (χ4v) is 3.06. The van der Waals surface area contributed by atoms with E-state index < -0.39 is 0 Å². The van der Waals surface area contributed by atoms with E-state index in [4.69, 9.17) is 10.1 Å². The van der Waals surface area contributed by atoms with Crippen molar-refractivity contribution < 1.29 is 9.53 Å². The summed E-state index contributed by atoms with van der Waals surface area (Å²) in [5, 5.41) is 15.9. The average molecular weight is 379 g/mol. The second-order valence-corrected chi connectivity index (χ2v) is 6.82. The smallest absolute Gasteiger partial charge is 0.224 e. The normalized spacial score (nSPS) is 10.2. The summed E-state index contributed by atoms with van der Waals surface area (Å²) in [6.07, 6.45) is 1.05. The highest BCUT2D eigenvalue weighted by molar-refractivity contribution is 7.12.